The number of hydrogen-bond acceptors (Lipinski definition) is 6. The number of amides is 1. The Morgan fingerprint density at radius 1 is 1.15 bits per heavy atom. The third-order valence-corrected chi connectivity index (χ3v) is 4.96. The van der Waals surface area contributed by atoms with Crippen LogP contribution in [0.4, 0.5) is 0 Å². The molecule has 0 spiro atoms. The zero-order valence-corrected chi connectivity index (χ0v) is 14.6. The Balaban J connectivity index is 1.38. The minimum absolute atomic E-state index is 0.0257. The van der Waals surface area contributed by atoms with Crippen molar-refractivity contribution in [3.63, 3.8) is 0 Å². The number of nitrogens with zero attached hydrogens (tertiary/aromatic N) is 7. The van der Waals surface area contributed by atoms with Gasteiger partial charge in [0.2, 0.25) is 5.91 Å². The Hall–Kier alpha value is -2.81. The summed E-state index contributed by atoms with van der Waals surface area (Å²) in [5.74, 6) is 1.72. The van der Waals surface area contributed by atoms with E-state index in [1.165, 1.54) is 4.80 Å². The van der Waals surface area contributed by atoms with Crippen LogP contribution >= 0.6 is 0 Å². The highest BCUT2D eigenvalue weighted by Gasteiger charge is 2.27. The lowest BCUT2D eigenvalue weighted by Crippen LogP contribution is -2.40. The number of benzene rings is 1. The second kappa shape index (κ2) is 6.83. The monoisotopic (exact) mass is 355 g/mol. The number of piperidine rings is 1. The second-order valence-electron chi connectivity index (χ2n) is 6.57. The first kappa shape index (κ1) is 16.6. The molecule has 26 heavy (non-hydrogen) atoms. The van der Waals surface area contributed by atoms with E-state index in [0.29, 0.717) is 18.9 Å². The lowest BCUT2D eigenvalue weighted by Gasteiger charge is -2.31. The summed E-state index contributed by atoms with van der Waals surface area (Å²) in [6, 6.07) is 7.58. The number of fused-ring (bicyclic) bond motifs is 1. The van der Waals surface area contributed by atoms with Gasteiger partial charge in [-0.25, -0.2) is 0 Å². The van der Waals surface area contributed by atoms with E-state index in [4.69, 9.17) is 0 Å². The van der Waals surface area contributed by atoms with Crippen molar-refractivity contribution >= 4 is 16.9 Å². The number of aromatic nitrogens is 6. The van der Waals surface area contributed by atoms with Crippen LogP contribution in [0.5, 0.6) is 0 Å². The molecule has 1 amide bonds. The van der Waals surface area contributed by atoms with Gasteiger partial charge < -0.3 is 14.6 Å². The molecule has 1 saturated heterocycles. The quantitative estimate of drug-likeness (QED) is 0.729. The molecule has 9 heteroatoms. The standard InChI is InChI=1S/C17H21N7O2/c1-22-15(11-25)18-19-17(22)12-6-8-23(9-7-12)16(26)10-24-20-13-4-2-3-5-14(13)21-24/h2-5,12,25H,6-11H2,1H3. The highest BCUT2D eigenvalue weighted by molar-refractivity contribution is 5.77. The number of carbonyl (C=O) groups excluding carboxylic acids is 1. The van der Waals surface area contributed by atoms with Gasteiger partial charge in [-0.15, -0.1) is 10.2 Å². The predicted molar refractivity (Wildman–Crippen MR) is 93.0 cm³/mol. The molecule has 0 radical (unpaired) electrons. The van der Waals surface area contributed by atoms with Gasteiger partial charge in [0.05, 0.1) is 0 Å². The first-order chi connectivity index (χ1) is 12.7. The molecule has 136 valence electrons. The number of hydrogen-bond donors (Lipinski definition) is 1. The van der Waals surface area contributed by atoms with Crippen LogP contribution in [0.2, 0.25) is 0 Å². The van der Waals surface area contributed by atoms with Crippen molar-refractivity contribution in [1.29, 1.82) is 0 Å². The largest absolute Gasteiger partial charge is 0.388 e. The summed E-state index contributed by atoms with van der Waals surface area (Å²) in [7, 11) is 1.87. The van der Waals surface area contributed by atoms with Gasteiger partial charge in [-0.1, -0.05) is 12.1 Å². The van der Waals surface area contributed by atoms with Gasteiger partial charge in [-0.05, 0) is 25.0 Å². The van der Waals surface area contributed by atoms with Crippen molar-refractivity contribution in [2.45, 2.75) is 31.9 Å². The number of carbonyl (C=O) groups is 1. The third kappa shape index (κ3) is 3.05. The maximum atomic E-state index is 12.6. The van der Waals surface area contributed by atoms with Gasteiger partial charge in [0, 0.05) is 26.1 Å². The summed E-state index contributed by atoms with van der Waals surface area (Å²) < 4.78 is 1.85. The highest BCUT2D eigenvalue weighted by atomic mass is 16.3. The summed E-state index contributed by atoms with van der Waals surface area (Å²) in [5.41, 5.74) is 1.59. The lowest BCUT2D eigenvalue weighted by atomic mass is 9.96. The number of aliphatic hydroxyl groups is 1. The van der Waals surface area contributed by atoms with E-state index < -0.39 is 0 Å². The zero-order chi connectivity index (χ0) is 18.1. The van der Waals surface area contributed by atoms with Crippen molar-refractivity contribution in [1.82, 2.24) is 34.7 Å². The molecule has 1 aliphatic rings. The molecule has 0 saturated carbocycles. The minimum Gasteiger partial charge on any atom is -0.388 e. The van der Waals surface area contributed by atoms with Gasteiger partial charge in [-0.2, -0.15) is 15.0 Å². The first-order valence-electron chi connectivity index (χ1n) is 8.72. The molecule has 0 bridgehead atoms. The van der Waals surface area contributed by atoms with Gasteiger partial charge in [0.15, 0.2) is 5.82 Å². The topological polar surface area (TPSA) is 102 Å². The van der Waals surface area contributed by atoms with Gasteiger partial charge in [0.1, 0.15) is 30.0 Å². The number of rotatable bonds is 4. The van der Waals surface area contributed by atoms with Crippen LogP contribution in [-0.2, 0) is 25.0 Å². The van der Waals surface area contributed by atoms with Crippen molar-refractivity contribution in [3.05, 3.63) is 35.9 Å². The summed E-state index contributed by atoms with van der Waals surface area (Å²) in [5, 5.41) is 26.1. The molecule has 0 atom stereocenters. The van der Waals surface area contributed by atoms with Crippen molar-refractivity contribution in [2.75, 3.05) is 13.1 Å². The van der Waals surface area contributed by atoms with Crippen LogP contribution in [0.3, 0.4) is 0 Å². The Morgan fingerprint density at radius 2 is 1.81 bits per heavy atom. The van der Waals surface area contributed by atoms with Crippen molar-refractivity contribution in [2.24, 2.45) is 7.05 Å². The summed E-state index contributed by atoms with van der Waals surface area (Å²) in [6.07, 6.45) is 1.66. The van der Waals surface area contributed by atoms with E-state index in [1.54, 1.807) is 0 Å². The molecule has 4 rings (SSSR count). The highest BCUT2D eigenvalue weighted by Crippen LogP contribution is 2.27. The van der Waals surface area contributed by atoms with E-state index in [-0.39, 0.29) is 25.0 Å². The average molecular weight is 355 g/mol. The molecule has 3 heterocycles. The van der Waals surface area contributed by atoms with Crippen molar-refractivity contribution < 1.29 is 9.90 Å². The molecule has 1 N–H and O–H groups in total. The number of likely N-dealkylation sites (tertiary alicyclic amines) is 1. The summed E-state index contributed by atoms with van der Waals surface area (Å²) in [6.45, 7) is 1.38. The van der Waals surface area contributed by atoms with Crippen LogP contribution in [0.15, 0.2) is 24.3 Å². The van der Waals surface area contributed by atoms with E-state index in [9.17, 15) is 9.90 Å². The number of aliphatic hydroxyl groups excluding tert-OH is 1. The minimum atomic E-state index is -0.119. The normalized spacial score (nSPS) is 15.7. The first-order valence-corrected chi connectivity index (χ1v) is 8.72. The van der Waals surface area contributed by atoms with Crippen LogP contribution < -0.4 is 0 Å². The molecule has 9 nitrogen and oxygen atoms in total. The maximum absolute atomic E-state index is 12.6. The predicted octanol–water partition coefficient (Wildman–Crippen LogP) is 0.458. The van der Waals surface area contributed by atoms with Crippen LogP contribution in [0, 0.1) is 0 Å². The molecule has 0 aliphatic carbocycles. The van der Waals surface area contributed by atoms with E-state index in [2.05, 4.69) is 20.4 Å². The van der Waals surface area contributed by atoms with Crippen LogP contribution in [-0.4, -0.2) is 58.8 Å². The van der Waals surface area contributed by atoms with Crippen LogP contribution in [0.1, 0.15) is 30.4 Å². The molecule has 1 aromatic carbocycles. The Kier molecular flexibility index (Phi) is 4.37. The smallest absolute Gasteiger partial charge is 0.246 e. The molecular weight excluding hydrogens is 334 g/mol. The van der Waals surface area contributed by atoms with Crippen molar-refractivity contribution in [3.8, 4) is 0 Å². The van der Waals surface area contributed by atoms with Gasteiger partial charge in [-0.3, -0.25) is 4.79 Å². The lowest BCUT2D eigenvalue weighted by molar-refractivity contribution is -0.133. The fourth-order valence-electron chi connectivity index (χ4n) is 3.45. The fraction of sp³-hybridized carbons (Fsp3) is 0.471. The fourth-order valence-corrected chi connectivity index (χ4v) is 3.45. The molecular formula is C17H21N7O2. The SMILES string of the molecule is Cn1c(CO)nnc1C1CCN(C(=O)Cn2nc3ccccc3n2)CC1. The zero-order valence-electron chi connectivity index (χ0n) is 14.6. The molecule has 1 aliphatic heterocycles. The van der Waals surface area contributed by atoms with Gasteiger partial charge >= 0.3 is 0 Å². The van der Waals surface area contributed by atoms with E-state index in [1.807, 2.05) is 40.8 Å². The molecule has 0 unspecified atom stereocenters. The molecule has 3 aromatic rings. The molecule has 1 fully saturated rings. The summed E-state index contributed by atoms with van der Waals surface area (Å²) >= 11 is 0. The summed E-state index contributed by atoms with van der Waals surface area (Å²) in [4.78, 5) is 15.9. The van der Waals surface area contributed by atoms with Crippen LogP contribution in [0.25, 0.3) is 11.0 Å². The average Bonchev–Trinajstić information content (AvgIpc) is 3.24. The van der Waals surface area contributed by atoms with E-state index in [0.717, 1.165) is 29.7 Å². The Labute approximate surface area is 150 Å². The third-order valence-electron chi connectivity index (χ3n) is 4.96. The Morgan fingerprint density at radius 3 is 2.38 bits per heavy atom. The van der Waals surface area contributed by atoms with Gasteiger partial charge in [0.25, 0.3) is 0 Å². The Bertz CT molecular complexity index is 891. The maximum Gasteiger partial charge on any atom is 0.246 e. The second-order valence-corrected chi connectivity index (χ2v) is 6.57. The van der Waals surface area contributed by atoms with E-state index >= 15 is 0 Å². The molecule has 2 aromatic heterocycles.